The zero-order chi connectivity index (χ0) is 20.8. The molecule has 8 heteroatoms. The van der Waals surface area contributed by atoms with Crippen LogP contribution in [-0.4, -0.2) is 35.7 Å². The van der Waals surface area contributed by atoms with Gasteiger partial charge in [-0.15, -0.1) is 0 Å². The molecular weight excluding hydrogens is 374 g/mol. The number of aryl methyl sites for hydroxylation is 2. The highest BCUT2D eigenvalue weighted by molar-refractivity contribution is 5.96. The molecule has 0 fully saturated rings. The molecule has 8 nitrogen and oxygen atoms in total. The maximum Gasteiger partial charge on any atom is 0.325 e. The summed E-state index contributed by atoms with van der Waals surface area (Å²) in [5, 5.41) is 6.42. The SMILES string of the molecule is COc1ccccc1-c1noc(COC(=O)CNC(=O)c2cc(C)cc(C)c2)n1. The van der Waals surface area contributed by atoms with E-state index in [0.29, 0.717) is 22.7 Å². The first-order valence-electron chi connectivity index (χ1n) is 8.94. The molecule has 0 aliphatic heterocycles. The summed E-state index contributed by atoms with van der Waals surface area (Å²) in [6.07, 6.45) is 0. The smallest absolute Gasteiger partial charge is 0.325 e. The predicted octanol–water partition coefficient (Wildman–Crippen LogP) is 2.84. The van der Waals surface area contributed by atoms with Crippen LogP contribution in [0.3, 0.4) is 0 Å². The first kappa shape index (κ1) is 20.1. The summed E-state index contributed by atoms with van der Waals surface area (Å²) in [6, 6.07) is 12.7. The highest BCUT2D eigenvalue weighted by Crippen LogP contribution is 2.27. The molecule has 0 spiro atoms. The summed E-state index contributed by atoms with van der Waals surface area (Å²) in [6.45, 7) is 3.35. The van der Waals surface area contributed by atoms with Crippen LogP contribution in [0, 0.1) is 13.8 Å². The van der Waals surface area contributed by atoms with Gasteiger partial charge in [0.1, 0.15) is 12.3 Å². The van der Waals surface area contributed by atoms with Gasteiger partial charge < -0.3 is 19.3 Å². The quantitative estimate of drug-likeness (QED) is 0.614. The lowest BCUT2D eigenvalue weighted by atomic mass is 10.1. The first-order chi connectivity index (χ1) is 14.0. The fraction of sp³-hybridized carbons (Fsp3) is 0.238. The molecule has 2 aromatic carbocycles. The number of nitrogens with one attached hydrogen (secondary N) is 1. The highest BCUT2D eigenvalue weighted by Gasteiger charge is 2.15. The van der Waals surface area contributed by atoms with E-state index in [0.717, 1.165) is 11.1 Å². The molecule has 0 bridgehead atoms. The van der Waals surface area contributed by atoms with Crippen LogP contribution in [0.2, 0.25) is 0 Å². The van der Waals surface area contributed by atoms with Gasteiger partial charge in [-0.3, -0.25) is 9.59 Å². The highest BCUT2D eigenvalue weighted by atomic mass is 16.6. The van der Waals surface area contributed by atoms with Crippen LogP contribution in [0.15, 0.2) is 47.0 Å². The van der Waals surface area contributed by atoms with Crippen molar-refractivity contribution in [2.75, 3.05) is 13.7 Å². The van der Waals surface area contributed by atoms with Gasteiger partial charge in [0.2, 0.25) is 5.82 Å². The zero-order valence-electron chi connectivity index (χ0n) is 16.4. The normalized spacial score (nSPS) is 10.4. The molecule has 0 unspecified atom stereocenters. The minimum Gasteiger partial charge on any atom is -0.496 e. The Morgan fingerprint density at radius 3 is 2.55 bits per heavy atom. The number of ether oxygens (including phenoxy) is 2. The Morgan fingerprint density at radius 2 is 1.83 bits per heavy atom. The van der Waals surface area contributed by atoms with E-state index in [2.05, 4.69) is 15.5 Å². The monoisotopic (exact) mass is 395 g/mol. The number of methoxy groups -OCH3 is 1. The molecule has 3 aromatic rings. The van der Waals surface area contributed by atoms with E-state index in [-0.39, 0.29) is 24.9 Å². The fourth-order valence-corrected chi connectivity index (χ4v) is 2.81. The second-order valence-electron chi connectivity index (χ2n) is 6.43. The number of hydrogen-bond acceptors (Lipinski definition) is 7. The van der Waals surface area contributed by atoms with Crippen molar-refractivity contribution in [2.24, 2.45) is 0 Å². The Labute approximate surface area is 167 Å². The van der Waals surface area contributed by atoms with Crippen LogP contribution in [-0.2, 0) is 16.1 Å². The molecule has 1 amide bonds. The van der Waals surface area contributed by atoms with Gasteiger partial charge in [0, 0.05) is 5.56 Å². The third kappa shape index (κ3) is 5.19. The Kier molecular flexibility index (Phi) is 6.23. The third-order valence-corrected chi connectivity index (χ3v) is 4.05. The van der Waals surface area contributed by atoms with Crippen molar-refractivity contribution in [3.05, 3.63) is 65.0 Å². The average Bonchev–Trinajstić information content (AvgIpc) is 3.18. The van der Waals surface area contributed by atoms with Crippen LogP contribution in [0.4, 0.5) is 0 Å². The number of carbonyl (C=O) groups is 2. The molecule has 0 radical (unpaired) electrons. The Balaban J connectivity index is 1.52. The van der Waals surface area contributed by atoms with E-state index in [1.54, 1.807) is 31.4 Å². The van der Waals surface area contributed by atoms with Crippen molar-refractivity contribution in [1.82, 2.24) is 15.5 Å². The van der Waals surface area contributed by atoms with Crippen molar-refractivity contribution in [2.45, 2.75) is 20.5 Å². The molecule has 0 saturated carbocycles. The molecule has 1 N–H and O–H groups in total. The summed E-state index contributed by atoms with van der Waals surface area (Å²) in [5.74, 6) is 0.118. The molecule has 0 aliphatic rings. The summed E-state index contributed by atoms with van der Waals surface area (Å²) < 4.78 is 15.5. The minimum absolute atomic E-state index is 0.139. The van der Waals surface area contributed by atoms with Gasteiger partial charge in [0.05, 0.1) is 12.7 Å². The van der Waals surface area contributed by atoms with Gasteiger partial charge >= 0.3 is 5.97 Å². The summed E-state index contributed by atoms with van der Waals surface area (Å²) in [4.78, 5) is 28.3. The minimum atomic E-state index is -0.611. The number of rotatable bonds is 7. The number of benzene rings is 2. The maximum atomic E-state index is 12.2. The largest absolute Gasteiger partial charge is 0.496 e. The number of para-hydroxylation sites is 1. The van der Waals surface area contributed by atoms with Crippen LogP contribution in [0.5, 0.6) is 5.75 Å². The van der Waals surface area contributed by atoms with E-state index in [1.807, 2.05) is 32.0 Å². The number of hydrogen-bond donors (Lipinski definition) is 1. The first-order valence-corrected chi connectivity index (χ1v) is 8.94. The van der Waals surface area contributed by atoms with Gasteiger partial charge in [-0.25, -0.2) is 0 Å². The lowest BCUT2D eigenvalue weighted by Gasteiger charge is -2.07. The Morgan fingerprint density at radius 1 is 1.10 bits per heavy atom. The van der Waals surface area contributed by atoms with E-state index in [1.165, 1.54) is 0 Å². The van der Waals surface area contributed by atoms with E-state index in [9.17, 15) is 9.59 Å². The fourth-order valence-electron chi connectivity index (χ4n) is 2.81. The number of carbonyl (C=O) groups excluding carboxylic acids is 2. The van der Waals surface area contributed by atoms with Crippen LogP contribution >= 0.6 is 0 Å². The van der Waals surface area contributed by atoms with E-state index >= 15 is 0 Å². The third-order valence-electron chi connectivity index (χ3n) is 4.05. The van der Waals surface area contributed by atoms with E-state index in [4.69, 9.17) is 14.0 Å². The molecule has 150 valence electrons. The van der Waals surface area contributed by atoms with Crippen LogP contribution < -0.4 is 10.1 Å². The number of aromatic nitrogens is 2. The molecule has 0 aliphatic carbocycles. The average molecular weight is 395 g/mol. The van der Waals surface area contributed by atoms with Crippen molar-refractivity contribution >= 4 is 11.9 Å². The molecular formula is C21H21N3O5. The molecule has 3 rings (SSSR count). The predicted molar refractivity (Wildman–Crippen MR) is 104 cm³/mol. The van der Waals surface area contributed by atoms with Gasteiger partial charge in [0.15, 0.2) is 6.61 Å². The second-order valence-corrected chi connectivity index (χ2v) is 6.43. The molecule has 1 heterocycles. The van der Waals surface area contributed by atoms with Crippen molar-refractivity contribution in [3.63, 3.8) is 0 Å². The number of nitrogens with zero attached hydrogens (tertiary/aromatic N) is 2. The molecule has 0 saturated heterocycles. The summed E-state index contributed by atoms with van der Waals surface area (Å²) in [7, 11) is 1.55. The van der Waals surface area contributed by atoms with Gasteiger partial charge in [-0.05, 0) is 38.1 Å². The standard InChI is InChI=1S/C21H21N3O5/c1-13-8-14(2)10-15(9-13)21(26)22-11-19(25)28-12-18-23-20(24-29-18)16-6-4-5-7-17(16)27-3/h4-10H,11-12H2,1-3H3,(H,22,26). The second kappa shape index (κ2) is 9.01. The lowest BCUT2D eigenvalue weighted by Crippen LogP contribution is -2.30. The van der Waals surface area contributed by atoms with Crippen molar-refractivity contribution in [1.29, 1.82) is 0 Å². The van der Waals surface area contributed by atoms with Crippen molar-refractivity contribution < 1.29 is 23.6 Å². The van der Waals surface area contributed by atoms with Crippen molar-refractivity contribution in [3.8, 4) is 17.1 Å². The van der Waals surface area contributed by atoms with Gasteiger partial charge in [0.25, 0.3) is 11.8 Å². The number of esters is 1. The Hall–Kier alpha value is -3.68. The summed E-state index contributed by atoms with van der Waals surface area (Å²) in [5.41, 5.74) is 3.10. The molecule has 1 aromatic heterocycles. The van der Waals surface area contributed by atoms with Crippen LogP contribution in [0.1, 0.15) is 27.4 Å². The topological polar surface area (TPSA) is 104 Å². The Bertz CT molecular complexity index is 1010. The zero-order valence-corrected chi connectivity index (χ0v) is 16.4. The summed E-state index contributed by atoms with van der Waals surface area (Å²) >= 11 is 0. The lowest BCUT2D eigenvalue weighted by molar-refractivity contribution is -0.144. The number of amides is 1. The molecule has 0 atom stereocenters. The molecule has 29 heavy (non-hydrogen) atoms. The van der Waals surface area contributed by atoms with Gasteiger partial charge in [-0.2, -0.15) is 4.98 Å². The maximum absolute atomic E-state index is 12.2. The van der Waals surface area contributed by atoms with Crippen LogP contribution in [0.25, 0.3) is 11.4 Å². The van der Waals surface area contributed by atoms with Gasteiger partial charge in [-0.1, -0.05) is 34.5 Å². The van der Waals surface area contributed by atoms with E-state index < -0.39 is 5.97 Å².